The van der Waals surface area contributed by atoms with Crippen molar-refractivity contribution in [3.63, 3.8) is 0 Å². The van der Waals surface area contributed by atoms with Crippen LogP contribution in [0.4, 0.5) is 4.39 Å². The van der Waals surface area contributed by atoms with E-state index in [1.54, 1.807) is 25.1 Å². The summed E-state index contributed by atoms with van der Waals surface area (Å²) in [4.78, 5) is 0. The van der Waals surface area contributed by atoms with E-state index >= 15 is 0 Å². The molecule has 0 spiro atoms. The van der Waals surface area contributed by atoms with Gasteiger partial charge in [0.1, 0.15) is 5.82 Å². The highest BCUT2D eigenvalue weighted by Crippen LogP contribution is 2.33. The van der Waals surface area contributed by atoms with Gasteiger partial charge in [-0.25, -0.2) is 4.39 Å². The minimum atomic E-state index is -0.911. The summed E-state index contributed by atoms with van der Waals surface area (Å²) in [7, 11) is 0. The van der Waals surface area contributed by atoms with E-state index in [1.165, 1.54) is 0 Å². The van der Waals surface area contributed by atoms with Crippen LogP contribution in [0.2, 0.25) is 0 Å². The number of rotatable bonds is 1. The third-order valence-corrected chi connectivity index (χ3v) is 3.11. The second-order valence-electron chi connectivity index (χ2n) is 3.24. The Morgan fingerprint density at radius 3 is 2.64 bits per heavy atom. The largest absolute Gasteiger partial charge is 0.344 e. The van der Waals surface area contributed by atoms with Crippen LogP contribution in [-0.2, 0) is 15.3 Å². The Morgan fingerprint density at radius 2 is 2.00 bits per heavy atom. The van der Waals surface area contributed by atoms with Crippen LogP contribution in [-0.4, -0.2) is 13.2 Å². The van der Waals surface area contributed by atoms with Crippen LogP contribution in [0.5, 0.6) is 0 Å². The van der Waals surface area contributed by atoms with Gasteiger partial charge < -0.3 is 9.47 Å². The fourth-order valence-corrected chi connectivity index (χ4v) is 2.02. The van der Waals surface area contributed by atoms with E-state index in [1.807, 2.05) is 22.6 Å². The first kappa shape index (κ1) is 10.3. The molecule has 1 aromatic rings. The summed E-state index contributed by atoms with van der Waals surface area (Å²) in [5, 5.41) is 0. The zero-order chi connectivity index (χ0) is 10.2. The number of hydrogen-bond donors (Lipinski definition) is 0. The van der Waals surface area contributed by atoms with E-state index in [-0.39, 0.29) is 5.82 Å². The van der Waals surface area contributed by atoms with Crippen molar-refractivity contribution in [3.05, 3.63) is 33.1 Å². The lowest BCUT2D eigenvalue weighted by Gasteiger charge is -2.23. The summed E-state index contributed by atoms with van der Waals surface area (Å²) in [6, 6.07) is 5.22. The van der Waals surface area contributed by atoms with Crippen molar-refractivity contribution < 1.29 is 13.9 Å². The van der Waals surface area contributed by atoms with Crippen molar-refractivity contribution in [2.45, 2.75) is 12.7 Å². The van der Waals surface area contributed by atoms with E-state index in [0.717, 1.165) is 0 Å². The molecule has 14 heavy (non-hydrogen) atoms. The minimum absolute atomic E-state index is 0.252. The lowest BCUT2D eigenvalue weighted by molar-refractivity contribution is -0.151. The highest BCUT2D eigenvalue weighted by Gasteiger charge is 2.35. The quantitative estimate of drug-likeness (QED) is 0.743. The molecule has 0 radical (unpaired) electrons. The van der Waals surface area contributed by atoms with Gasteiger partial charge in [0.25, 0.3) is 0 Å². The first-order valence-electron chi connectivity index (χ1n) is 4.36. The molecule has 1 aliphatic heterocycles. The van der Waals surface area contributed by atoms with Gasteiger partial charge in [0.2, 0.25) is 0 Å². The molecule has 1 heterocycles. The maximum absolute atomic E-state index is 13.7. The molecule has 0 aliphatic carbocycles. The van der Waals surface area contributed by atoms with E-state index in [9.17, 15) is 4.39 Å². The average molecular weight is 308 g/mol. The third-order valence-electron chi connectivity index (χ3n) is 2.28. The van der Waals surface area contributed by atoms with Crippen molar-refractivity contribution in [1.29, 1.82) is 0 Å². The number of hydrogen-bond acceptors (Lipinski definition) is 2. The zero-order valence-electron chi connectivity index (χ0n) is 7.72. The van der Waals surface area contributed by atoms with Crippen molar-refractivity contribution in [1.82, 2.24) is 0 Å². The molecule has 4 heteroatoms. The monoisotopic (exact) mass is 308 g/mol. The van der Waals surface area contributed by atoms with Gasteiger partial charge in [0.15, 0.2) is 5.79 Å². The maximum atomic E-state index is 13.7. The molecule has 0 bridgehead atoms. The lowest BCUT2D eigenvalue weighted by Crippen LogP contribution is -2.24. The SMILES string of the molecule is CC1(c2cccc(I)c2F)OCCO1. The van der Waals surface area contributed by atoms with Crippen molar-refractivity contribution >= 4 is 22.6 Å². The van der Waals surface area contributed by atoms with E-state index in [4.69, 9.17) is 9.47 Å². The topological polar surface area (TPSA) is 18.5 Å². The molecule has 1 aromatic carbocycles. The second-order valence-corrected chi connectivity index (χ2v) is 4.41. The van der Waals surface area contributed by atoms with Gasteiger partial charge in [-0.3, -0.25) is 0 Å². The molecule has 1 fully saturated rings. The Kier molecular flexibility index (Phi) is 2.77. The Morgan fingerprint density at radius 1 is 1.36 bits per heavy atom. The summed E-state index contributed by atoms with van der Waals surface area (Å²) < 4.78 is 25.1. The van der Waals surface area contributed by atoms with Gasteiger partial charge in [0.05, 0.1) is 13.2 Å². The van der Waals surface area contributed by atoms with Gasteiger partial charge in [0, 0.05) is 9.13 Å². The molecule has 0 atom stereocenters. The van der Waals surface area contributed by atoms with Crippen LogP contribution in [0.15, 0.2) is 18.2 Å². The van der Waals surface area contributed by atoms with Crippen LogP contribution >= 0.6 is 22.6 Å². The number of benzene rings is 1. The molecule has 0 N–H and O–H groups in total. The van der Waals surface area contributed by atoms with Crippen molar-refractivity contribution in [2.75, 3.05) is 13.2 Å². The van der Waals surface area contributed by atoms with Crippen molar-refractivity contribution in [2.24, 2.45) is 0 Å². The standard InChI is InChI=1S/C10H10FIO2/c1-10(13-5-6-14-10)7-3-2-4-8(12)9(7)11/h2-4H,5-6H2,1H3. The van der Waals surface area contributed by atoms with Gasteiger partial charge in [-0.15, -0.1) is 0 Å². The molecule has 0 amide bonds. The minimum Gasteiger partial charge on any atom is -0.344 e. The van der Waals surface area contributed by atoms with Crippen molar-refractivity contribution in [3.8, 4) is 0 Å². The summed E-state index contributed by atoms with van der Waals surface area (Å²) in [5.74, 6) is -1.16. The molecule has 1 saturated heterocycles. The highest BCUT2D eigenvalue weighted by atomic mass is 127. The molecule has 0 saturated carbocycles. The van der Waals surface area contributed by atoms with Crippen LogP contribution in [0.1, 0.15) is 12.5 Å². The van der Waals surface area contributed by atoms with Gasteiger partial charge in [-0.1, -0.05) is 12.1 Å². The predicted octanol–water partition coefficient (Wildman–Crippen LogP) is 2.65. The summed E-state index contributed by atoms with van der Waals surface area (Å²) >= 11 is 1.96. The first-order chi connectivity index (χ1) is 6.63. The fraction of sp³-hybridized carbons (Fsp3) is 0.400. The smallest absolute Gasteiger partial charge is 0.194 e. The lowest BCUT2D eigenvalue weighted by atomic mass is 10.1. The average Bonchev–Trinajstić information content (AvgIpc) is 2.58. The first-order valence-corrected chi connectivity index (χ1v) is 5.44. The summed E-state index contributed by atoms with van der Waals surface area (Å²) in [6.07, 6.45) is 0. The van der Waals surface area contributed by atoms with Crippen LogP contribution < -0.4 is 0 Å². The Balaban J connectivity index is 2.45. The fourth-order valence-electron chi connectivity index (χ4n) is 1.52. The van der Waals surface area contributed by atoms with Crippen LogP contribution in [0, 0.1) is 9.39 Å². The maximum Gasteiger partial charge on any atom is 0.194 e. The van der Waals surface area contributed by atoms with Crippen LogP contribution in [0.3, 0.4) is 0 Å². The number of halogens is 2. The molecule has 1 aliphatic rings. The van der Waals surface area contributed by atoms with Gasteiger partial charge in [-0.2, -0.15) is 0 Å². The molecular weight excluding hydrogens is 298 g/mol. The Hall–Kier alpha value is -0.200. The van der Waals surface area contributed by atoms with E-state index in [2.05, 4.69) is 0 Å². The molecule has 2 nitrogen and oxygen atoms in total. The Bertz CT molecular complexity index is 348. The second kappa shape index (κ2) is 3.75. The normalized spacial score (nSPS) is 19.9. The van der Waals surface area contributed by atoms with E-state index < -0.39 is 5.79 Å². The molecule has 76 valence electrons. The summed E-state index contributed by atoms with van der Waals surface area (Å²) in [5.41, 5.74) is 0.474. The number of ether oxygens (including phenoxy) is 2. The summed E-state index contributed by atoms with van der Waals surface area (Å²) in [6.45, 7) is 2.78. The van der Waals surface area contributed by atoms with E-state index in [0.29, 0.717) is 22.3 Å². The molecule has 2 rings (SSSR count). The molecular formula is C10H10FIO2. The molecule has 0 unspecified atom stereocenters. The molecule has 0 aromatic heterocycles. The van der Waals surface area contributed by atoms with Gasteiger partial charge >= 0.3 is 0 Å². The highest BCUT2D eigenvalue weighted by molar-refractivity contribution is 14.1. The van der Waals surface area contributed by atoms with Crippen LogP contribution in [0.25, 0.3) is 0 Å². The predicted molar refractivity (Wildman–Crippen MR) is 58.4 cm³/mol. The van der Waals surface area contributed by atoms with Gasteiger partial charge in [-0.05, 0) is 35.6 Å². The Labute approximate surface area is 95.5 Å². The zero-order valence-corrected chi connectivity index (χ0v) is 9.88. The third kappa shape index (κ3) is 1.66.